The van der Waals surface area contributed by atoms with Gasteiger partial charge in [0.2, 0.25) is 5.91 Å². The van der Waals surface area contributed by atoms with E-state index in [2.05, 4.69) is 19.2 Å². The van der Waals surface area contributed by atoms with Crippen LogP contribution in [0.3, 0.4) is 0 Å². The molecule has 2 nitrogen and oxygen atoms in total. The fourth-order valence-corrected chi connectivity index (χ4v) is 2.67. The molecule has 0 spiro atoms. The normalized spacial score (nSPS) is 21.8. The smallest absolute Gasteiger partial charge is 0.224 e. The van der Waals surface area contributed by atoms with E-state index in [4.69, 9.17) is 0 Å². The van der Waals surface area contributed by atoms with Gasteiger partial charge in [0.15, 0.2) is 0 Å². The van der Waals surface area contributed by atoms with Crippen molar-refractivity contribution in [2.24, 2.45) is 5.41 Å². The van der Waals surface area contributed by atoms with Crippen LogP contribution in [0.5, 0.6) is 0 Å². The maximum atomic E-state index is 13.0. The van der Waals surface area contributed by atoms with E-state index in [-0.39, 0.29) is 24.2 Å². The average molecular weight is 249 g/mol. The van der Waals surface area contributed by atoms with Gasteiger partial charge in [-0.05, 0) is 42.4 Å². The minimum Gasteiger partial charge on any atom is -0.353 e. The second kappa shape index (κ2) is 5.09. The van der Waals surface area contributed by atoms with Crippen LogP contribution in [-0.4, -0.2) is 11.9 Å². The van der Waals surface area contributed by atoms with Crippen molar-refractivity contribution in [1.29, 1.82) is 0 Å². The molecule has 18 heavy (non-hydrogen) atoms. The van der Waals surface area contributed by atoms with Crippen LogP contribution in [0.4, 0.5) is 4.39 Å². The van der Waals surface area contributed by atoms with Crippen LogP contribution in [0.25, 0.3) is 0 Å². The minimum absolute atomic E-state index is 0.0108. The maximum absolute atomic E-state index is 13.0. The van der Waals surface area contributed by atoms with Crippen LogP contribution in [0.15, 0.2) is 24.3 Å². The first kappa shape index (κ1) is 13.1. The zero-order valence-corrected chi connectivity index (χ0v) is 11.0. The van der Waals surface area contributed by atoms with Gasteiger partial charge in [0.25, 0.3) is 0 Å². The zero-order valence-electron chi connectivity index (χ0n) is 11.0. The van der Waals surface area contributed by atoms with E-state index in [0.29, 0.717) is 5.41 Å². The molecule has 1 atom stereocenters. The highest BCUT2D eigenvalue weighted by atomic mass is 19.1. The molecule has 0 saturated heterocycles. The summed E-state index contributed by atoms with van der Waals surface area (Å²) in [5.74, 6) is -0.300. The number of benzene rings is 1. The lowest BCUT2D eigenvalue weighted by atomic mass is 9.92. The molecule has 0 aliphatic heterocycles. The summed E-state index contributed by atoms with van der Waals surface area (Å²) in [6, 6.07) is 6.50. The van der Waals surface area contributed by atoms with Crippen molar-refractivity contribution in [1.82, 2.24) is 5.32 Å². The van der Waals surface area contributed by atoms with Crippen LogP contribution in [-0.2, 0) is 11.2 Å². The predicted molar refractivity (Wildman–Crippen MR) is 69.7 cm³/mol. The second-order valence-electron chi connectivity index (χ2n) is 5.98. The SMILES string of the molecule is CC1(C)CCC(NC(=O)Cc2cccc(F)c2)C1. The topological polar surface area (TPSA) is 29.1 Å². The fourth-order valence-electron chi connectivity index (χ4n) is 2.67. The molecule has 0 radical (unpaired) electrons. The molecule has 1 unspecified atom stereocenters. The summed E-state index contributed by atoms with van der Waals surface area (Å²) >= 11 is 0. The van der Waals surface area contributed by atoms with Crippen molar-refractivity contribution in [2.75, 3.05) is 0 Å². The third-order valence-electron chi connectivity index (χ3n) is 3.59. The minimum atomic E-state index is -0.290. The number of amides is 1. The van der Waals surface area contributed by atoms with E-state index in [9.17, 15) is 9.18 Å². The molecule has 3 heteroatoms. The van der Waals surface area contributed by atoms with Crippen LogP contribution >= 0.6 is 0 Å². The average Bonchev–Trinajstić information content (AvgIpc) is 2.57. The summed E-state index contributed by atoms with van der Waals surface area (Å²) in [7, 11) is 0. The number of halogens is 1. The molecule has 1 aliphatic rings. The lowest BCUT2D eigenvalue weighted by Gasteiger charge is -2.17. The molecule has 1 amide bonds. The highest BCUT2D eigenvalue weighted by Crippen LogP contribution is 2.36. The van der Waals surface area contributed by atoms with Gasteiger partial charge < -0.3 is 5.32 Å². The summed E-state index contributed by atoms with van der Waals surface area (Å²) < 4.78 is 13.0. The van der Waals surface area contributed by atoms with Crippen molar-refractivity contribution in [2.45, 2.75) is 45.6 Å². The first-order valence-electron chi connectivity index (χ1n) is 6.48. The summed E-state index contributed by atoms with van der Waals surface area (Å²) in [6.07, 6.45) is 3.48. The van der Waals surface area contributed by atoms with Gasteiger partial charge in [-0.3, -0.25) is 4.79 Å². The quantitative estimate of drug-likeness (QED) is 0.876. The molecule has 1 saturated carbocycles. The first-order chi connectivity index (χ1) is 8.44. The molecule has 98 valence electrons. The fraction of sp³-hybridized carbons (Fsp3) is 0.533. The van der Waals surface area contributed by atoms with Gasteiger partial charge in [-0.25, -0.2) is 4.39 Å². The summed E-state index contributed by atoms with van der Waals surface area (Å²) in [4.78, 5) is 11.9. The first-order valence-corrected chi connectivity index (χ1v) is 6.48. The monoisotopic (exact) mass is 249 g/mol. The molecule has 1 aromatic rings. The van der Waals surface area contributed by atoms with Crippen LogP contribution in [0.2, 0.25) is 0 Å². The highest BCUT2D eigenvalue weighted by Gasteiger charge is 2.31. The molecule has 1 fully saturated rings. The van der Waals surface area contributed by atoms with E-state index in [1.54, 1.807) is 12.1 Å². The number of rotatable bonds is 3. The maximum Gasteiger partial charge on any atom is 0.224 e. The second-order valence-corrected chi connectivity index (χ2v) is 5.98. The summed E-state index contributed by atoms with van der Waals surface area (Å²) in [6.45, 7) is 4.46. The van der Waals surface area contributed by atoms with Crippen molar-refractivity contribution in [3.63, 3.8) is 0 Å². The number of nitrogens with one attached hydrogen (secondary N) is 1. The van der Waals surface area contributed by atoms with Gasteiger partial charge in [0.05, 0.1) is 6.42 Å². The summed E-state index contributed by atoms with van der Waals surface area (Å²) in [5, 5.41) is 3.04. The standard InChI is InChI=1S/C15H20FNO/c1-15(2)7-6-13(10-15)17-14(18)9-11-4-3-5-12(16)8-11/h3-5,8,13H,6-7,9-10H2,1-2H3,(H,17,18). The van der Waals surface area contributed by atoms with Gasteiger partial charge in [-0.1, -0.05) is 26.0 Å². The zero-order chi connectivity index (χ0) is 13.2. The third kappa shape index (κ3) is 3.56. The van der Waals surface area contributed by atoms with Crippen molar-refractivity contribution >= 4 is 5.91 Å². The molecule has 1 N–H and O–H groups in total. The molecule has 0 bridgehead atoms. The molecule has 1 aliphatic carbocycles. The van der Waals surface area contributed by atoms with E-state index >= 15 is 0 Å². The largest absolute Gasteiger partial charge is 0.353 e. The van der Waals surface area contributed by atoms with Crippen LogP contribution < -0.4 is 5.32 Å². The van der Waals surface area contributed by atoms with Crippen molar-refractivity contribution < 1.29 is 9.18 Å². The highest BCUT2D eigenvalue weighted by molar-refractivity contribution is 5.78. The Morgan fingerprint density at radius 3 is 2.89 bits per heavy atom. The molecular formula is C15H20FNO. The van der Waals surface area contributed by atoms with Gasteiger partial charge in [0.1, 0.15) is 5.82 Å². The number of carbonyl (C=O) groups excluding carboxylic acids is 1. The molecule has 1 aromatic carbocycles. The lowest BCUT2D eigenvalue weighted by molar-refractivity contribution is -0.121. The number of hydrogen-bond donors (Lipinski definition) is 1. The van der Waals surface area contributed by atoms with E-state index in [1.807, 2.05) is 0 Å². The molecular weight excluding hydrogens is 229 g/mol. The van der Waals surface area contributed by atoms with Crippen LogP contribution in [0.1, 0.15) is 38.7 Å². The predicted octanol–water partition coefficient (Wildman–Crippen LogP) is 3.06. The Hall–Kier alpha value is -1.38. The Morgan fingerprint density at radius 2 is 2.28 bits per heavy atom. The van der Waals surface area contributed by atoms with Gasteiger partial charge in [0, 0.05) is 6.04 Å². The lowest BCUT2D eigenvalue weighted by Crippen LogP contribution is -2.34. The van der Waals surface area contributed by atoms with E-state index in [0.717, 1.165) is 24.8 Å². The van der Waals surface area contributed by atoms with E-state index in [1.165, 1.54) is 12.1 Å². The Labute approximate surface area is 108 Å². The van der Waals surface area contributed by atoms with Crippen molar-refractivity contribution in [3.8, 4) is 0 Å². The molecule has 0 heterocycles. The Balaban J connectivity index is 1.86. The van der Waals surface area contributed by atoms with Crippen LogP contribution in [0, 0.1) is 11.2 Å². The molecule has 0 aromatic heterocycles. The molecule has 2 rings (SSSR count). The Kier molecular flexibility index (Phi) is 3.69. The Morgan fingerprint density at radius 1 is 1.50 bits per heavy atom. The number of hydrogen-bond acceptors (Lipinski definition) is 1. The van der Waals surface area contributed by atoms with Crippen molar-refractivity contribution in [3.05, 3.63) is 35.6 Å². The summed E-state index contributed by atoms with van der Waals surface area (Å²) in [5.41, 5.74) is 1.06. The Bertz CT molecular complexity index is 442. The van der Waals surface area contributed by atoms with Gasteiger partial charge in [-0.2, -0.15) is 0 Å². The van der Waals surface area contributed by atoms with E-state index < -0.39 is 0 Å². The number of carbonyl (C=O) groups is 1. The van der Waals surface area contributed by atoms with Gasteiger partial charge in [-0.15, -0.1) is 0 Å². The third-order valence-corrected chi connectivity index (χ3v) is 3.59. The van der Waals surface area contributed by atoms with Gasteiger partial charge >= 0.3 is 0 Å².